The molecule has 2 aromatic rings. The zero-order chi connectivity index (χ0) is 10.8. The minimum atomic E-state index is 0.591. The molecule has 2 rings (SSSR count). The lowest BCUT2D eigenvalue weighted by atomic mass is 10.1. The lowest BCUT2D eigenvalue weighted by molar-refractivity contribution is 1.01. The molecule has 1 aromatic carbocycles. The molecule has 0 fully saturated rings. The van der Waals surface area contributed by atoms with Gasteiger partial charge in [0.2, 0.25) is 0 Å². The molecule has 0 aliphatic rings. The average molecular weight is 198 g/mol. The van der Waals surface area contributed by atoms with Crippen LogP contribution in [0.2, 0.25) is 0 Å². The summed E-state index contributed by atoms with van der Waals surface area (Å²) in [6, 6.07) is 8.55. The van der Waals surface area contributed by atoms with Crippen LogP contribution in [-0.2, 0) is 6.42 Å². The Hall–Kier alpha value is -1.75. The first-order chi connectivity index (χ1) is 7.22. The van der Waals surface area contributed by atoms with E-state index in [1.54, 1.807) is 0 Å². The summed E-state index contributed by atoms with van der Waals surface area (Å²) in [4.78, 5) is 3.35. The van der Waals surface area contributed by atoms with Gasteiger partial charge >= 0.3 is 0 Å². The lowest BCUT2D eigenvalue weighted by Crippen LogP contribution is -1.83. The predicted octanol–water partition coefficient (Wildman–Crippen LogP) is 3.24. The molecule has 15 heavy (non-hydrogen) atoms. The second-order valence-electron chi connectivity index (χ2n) is 3.91. The molecule has 1 N–H and O–H groups in total. The van der Waals surface area contributed by atoms with Crippen LogP contribution in [0.5, 0.6) is 0 Å². The molecule has 0 radical (unpaired) electrons. The van der Waals surface area contributed by atoms with Gasteiger partial charge in [0.1, 0.15) is 0 Å². The predicted molar refractivity (Wildman–Crippen MR) is 61.7 cm³/mol. The molecule has 0 aliphatic heterocycles. The summed E-state index contributed by atoms with van der Waals surface area (Å²) < 4.78 is 0. The van der Waals surface area contributed by atoms with Gasteiger partial charge in [-0.2, -0.15) is 5.26 Å². The Morgan fingerprint density at radius 3 is 2.87 bits per heavy atom. The highest BCUT2D eigenvalue weighted by molar-refractivity contribution is 5.84. The zero-order valence-electron chi connectivity index (χ0n) is 9.09. The number of nitriles is 1. The molecule has 2 heteroatoms. The third-order valence-electron chi connectivity index (χ3n) is 2.90. The molecule has 0 saturated carbocycles. The highest BCUT2D eigenvalue weighted by atomic mass is 14.7. The van der Waals surface area contributed by atoms with Crippen molar-refractivity contribution in [2.75, 3.05) is 0 Å². The molecule has 1 aromatic heterocycles. The molecule has 0 spiro atoms. The van der Waals surface area contributed by atoms with Crippen molar-refractivity contribution in [2.45, 2.75) is 26.7 Å². The topological polar surface area (TPSA) is 39.6 Å². The molecule has 0 aliphatic carbocycles. The van der Waals surface area contributed by atoms with Gasteiger partial charge in [-0.25, -0.2) is 0 Å². The number of aryl methyl sites for hydroxylation is 3. The van der Waals surface area contributed by atoms with Crippen LogP contribution in [0.4, 0.5) is 0 Å². The van der Waals surface area contributed by atoms with Crippen molar-refractivity contribution in [3.8, 4) is 6.07 Å². The normalized spacial score (nSPS) is 10.5. The first-order valence-electron chi connectivity index (χ1n) is 5.17. The smallest absolute Gasteiger partial charge is 0.0625 e. The van der Waals surface area contributed by atoms with Crippen LogP contribution in [0.1, 0.15) is 23.2 Å². The summed E-state index contributed by atoms with van der Waals surface area (Å²) in [6.07, 6.45) is 1.43. The summed E-state index contributed by atoms with van der Waals surface area (Å²) in [7, 11) is 0. The van der Waals surface area contributed by atoms with Crippen molar-refractivity contribution in [2.24, 2.45) is 0 Å². The van der Waals surface area contributed by atoms with Gasteiger partial charge in [-0.3, -0.25) is 0 Å². The molecule has 1 heterocycles. The van der Waals surface area contributed by atoms with Crippen molar-refractivity contribution in [3.63, 3.8) is 0 Å². The Morgan fingerprint density at radius 1 is 1.33 bits per heavy atom. The monoisotopic (exact) mass is 198 g/mol. The number of nitrogens with one attached hydrogen (secondary N) is 1. The average Bonchev–Trinajstić information content (AvgIpc) is 2.52. The van der Waals surface area contributed by atoms with Gasteiger partial charge in [0.15, 0.2) is 0 Å². The quantitative estimate of drug-likeness (QED) is 0.790. The maximum atomic E-state index is 8.54. The summed E-state index contributed by atoms with van der Waals surface area (Å²) in [6.45, 7) is 4.21. The lowest BCUT2D eigenvalue weighted by Gasteiger charge is -1.98. The summed E-state index contributed by atoms with van der Waals surface area (Å²) in [5.74, 6) is 0. The summed E-state index contributed by atoms with van der Waals surface area (Å²) in [5, 5.41) is 9.82. The van der Waals surface area contributed by atoms with Crippen molar-refractivity contribution in [3.05, 3.63) is 35.0 Å². The number of benzene rings is 1. The number of hydrogen-bond donors (Lipinski definition) is 1. The van der Waals surface area contributed by atoms with Gasteiger partial charge in [-0.05, 0) is 43.5 Å². The largest absolute Gasteiger partial charge is 0.358 e. The van der Waals surface area contributed by atoms with Crippen LogP contribution in [0.15, 0.2) is 18.2 Å². The molecule has 76 valence electrons. The second kappa shape index (κ2) is 3.78. The minimum Gasteiger partial charge on any atom is -0.358 e. The molecule has 0 amide bonds. The van der Waals surface area contributed by atoms with Crippen molar-refractivity contribution in [1.82, 2.24) is 4.98 Å². The number of nitrogens with zero attached hydrogens (tertiary/aromatic N) is 1. The molecule has 0 saturated heterocycles. The first kappa shape index (κ1) is 9.79. The molecular weight excluding hydrogens is 184 g/mol. The fraction of sp³-hybridized carbons (Fsp3) is 0.308. The van der Waals surface area contributed by atoms with Crippen LogP contribution in [0, 0.1) is 25.2 Å². The number of aromatic amines is 1. The van der Waals surface area contributed by atoms with E-state index in [9.17, 15) is 0 Å². The van der Waals surface area contributed by atoms with Crippen LogP contribution in [0.3, 0.4) is 0 Å². The van der Waals surface area contributed by atoms with Gasteiger partial charge in [0, 0.05) is 23.0 Å². The van der Waals surface area contributed by atoms with E-state index in [0.29, 0.717) is 6.42 Å². The van der Waals surface area contributed by atoms with Gasteiger partial charge in [0.05, 0.1) is 6.07 Å². The fourth-order valence-corrected chi connectivity index (χ4v) is 1.86. The second-order valence-corrected chi connectivity index (χ2v) is 3.91. The van der Waals surface area contributed by atoms with Gasteiger partial charge < -0.3 is 4.98 Å². The van der Waals surface area contributed by atoms with E-state index in [4.69, 9.17) is 5.26 Å². The van der Waals surface area contributed by atoms with Crippen LogP contribution < -0.4 is 0 Å². The van der Waals surface area contributed by atoms with E-state index >= 15 is 0 Å². The third-order valence-corrected chi connectivity index (χ3v) is 2.90. The first-order valence-corrected chi connectivity index (χ1v) is 5.17. The van der Waals surface area contributed by atoms with Crippen molar-refractivity contribution >= 4 is 10.9 Å². The third kappa shape index (κ3) is 1.73. The Kier molecular flexibility index (Phi) is 2.47. The van der Waals surface area contributed by atoms with E-state index in [-0.39, 0.29) is 0 Å². The van der Waals surface area contributed by atoms with Crippen molar-refractivity contribution in [1.29, 1.82) is 5.26 Å². The van der Waals surface area contributed by atoms with Crippen LogP contribution in [-0.4, -0.2) is 4.98 Å². The Balaban J connectivity index is 2.46. The number of H-pyrrole nitrogens is 1. The standard InChI is InChI=1S/C13H14N2/c1-9-10(2)15-13-6-5-11(4-3-7-14)8-12(9)13/h5-6,8,15H,3-4H2,1-2H3. The Morgan fingerprint density at radius 2 is 2.13 bits per heavy atom. The van der Waals surface area contributed by atoms with E-state index in [1.807, 2.05) is 0 Å². The maximum Gasteiger partial charge on any atom is 0.0625 e. The van der Waals surface area contributed by atoms with E-state index in [0.717, 1.165) is 6.42 Å². The number of fused-ring (bicyclic) bond motifs is 1. The van der Waals surface area contributed by atoms with E-state index in [2.05, 4.69) is 43.1 Å². The molecule has 2 nitrogen and oxygen atoms in total. The zero-order valence-corrected chi connectivity index (χ0v) is 9.09. The van der Waals surface area contributed by atoms with Gasteiger partial charge in [0.25, 0.3) is 0 Å². The van der Waals surface area contributed by atoms with Gasteiger partial charge in [-0.1, -0.05) is 6.07 Å². The SMILES string of the molecule is Cc1[nH]c2ccc(CCC#N)cc2c1C. The summed E-state index contributed by atoms with van der Waals surface area (Å²) in [5.41, 5.74) is 4.96. The minimum absolute atomic E-state index is 0.591. The molecule has 0 atom stereocenters. The highest BCUT2D eigenvalue weighted by Gasteiger charge is 2.04. The molecular formula is C13H14N2. The molecule has 0 bridgehead atoms. The maximum absolute atomic E-state index is 8.54. The Labute approximate surface area is 89.5 Å². The van der Waals surface area contributed by atoms with Gasteiger partial charge in [-0.15, -0.1) is 0 Å². The number of rotatable bonds is 2. The number of aromatic nitrogens is 1. The highest BCUT2D eigenvalue weighted by Crippen LogP contribution is 2.22. The molecule has 0 unspecified atom stereocenters. The fourth-order valence-electron chi connectivity index (χ4n) is 1.86. The van der Waals surface area contributed by atoms with Crippen LogP contribution in [0.25, 0.3) is 10.9 Å². The number of hydrogen-bond acceptors (Lipinski definition) is 1. The van der Waals surface area contributed by atoms with E-state index < -0.39 is 0 Å². The Bertz CT molecular complexity index is 529. The van der Waals surface area contributed by atoms with Crippen LogP contribution >= 0.6 is 0 Å². The summed E-state index contributed by atoms with van der Waals surface area (Å²) >= 11 is 0. The van der Waals surface area contributed by atoms with E-state index in [1.165, 1.54) is 27.7 Å². The van der Waals surface area contributed by atoms with Crippen molar-refractivity contribution < 1.29 is 0 Å².